The Morgan fingerprint density at radius 2 is 2.11 bits per heavy atom. The molecule has 152 valence electrons. The van der Waals surface area contributed by atoms with Gasteiger partial charge in [0.2, 0.25) is 0 Å². The van der Waals surface area contributed by atoms with Crippen molar-refractivity contribution in [3.05, 3.63) is 45.6 Å². The largest absolute Gasteiger partial charge is 0.383 e. The van der Waals surface area contributed by atoms with E-state index in [-0.39, 0.29) is 17.6 Å². The molecule has 1 N–H and O–H groups in total. The van der Waals surface area contributed by atoms with Gasteiger partial charge in [0.25, 0.3) is 0 Å². The van der Waals surface area contributed by atoms with Gasteiger partial charge in [0.1, 0.15) is 5.82 Å². The number of hydrogen-bond acceptors (Lipinski definition) is 4. The number of urea groups is 1. The zero-order valence-electron chi connectivity index (χ0n) is 16.2. The van der Waals surface area contributed by atoms with E-state index in [2.05, 4.69) is 10.4 Å². The van der Waals surface area contributed by atoms with Crippen LogP contribution in [0.2, 0.25) is 5.02 Å². The van der Waals surface area contributed by atoms with E-state index in [1.165, 1.54) is 4.68 Å². The number of ether oxygens (including phenoxy) is 1. The number of nitrogens with zero attached hydrogens (tertiary/aromatic N) is 4. The number of aromatic nitrogens is 3. The molecule has 1 aliphatic rings. The van der Waals surface area contributed by atoms with E-state index in [0.29, 0.717) is 43.5 Å². The van der Waals surface area contributed by atoms with Crippen molar-refractivity contribution in [1.82, 2.24) is 19.2 Å². The van der Waals surface area contributed by atoms with Crippen LogP contribution in [0.15, 0.2) is 29.1 Å². The highest BCUT2D eigenvalue weighted by molar-refractivity contribution is 6.30. The molecule has 0 spiro atoms. The Balaban J connectivity index is 1.63. The fourth-order valence-electron chi connectivity index (χ4n) is 3.49. The molecule has 8 nitrogen and oxygen atoms in total. The summed E-state index contributed by atoms with van der Waals surface area (Å²) in [6, 6.07) is 6.96. The maximum atomic E-state index is 12.5. The van der Waals surface area contributed by atoms with Crippen LogP contribution in [0.5, 0.6) is 0 Å². The third-order valence-corrected chi connectivity index (χ3v) is 5.23. The molecule has 9 heteroatoms. The minimum atomic E-state index is -0.140. The second kappa shape index (κ2) is 9.25. The number of methoxy groups -OCH3 is 1. The van der Waals surface area contributed by atoms with Gasteiger partial charge in [-0.1, -0.05) is 17.7 Å². The molecule has 0 unspecified atom stereocenters. The summed E-state index contributed by atoms with van der Waals surface area (Å²) >= 11 is 5.97. The highest BCUT2D eigenvalue weighted by Gasteiger charge is 2.28. The van der Waals surface area contributed by atoms with E-state index in [1.807, 2.05) is 13.0 Å². The van der Waals surface area contributed by atoms with Crippen molar-refractivity contribution in [2.24, 2.45) is 0 Å². The van der Waals surface area contributed by atoms with Gasteiger partial charge < -0.3 is 15.0 Å². The topological polar surface area (TPSA) is 81.4 Å². The van der Waals surface area contributed by atoms with Gasteiger partial charge in [-0.05, 0) is 38.0 Å². The van der Waals surface area contributed by atoms with Crippen LogP contribution in [0.4, 0.5) is 10.5 Å². The molecule has 1 aromatic carbocycles. The molecule has 2 heterocycles. The fraction of sp³-hybridized carbons (Fsp3) is 0.526. The van der Waals surface area contributed by atoms with Crippen LogP contribution in [-0.4, -0.2) is 52.1 Å². The number of benzene rings is 1. The quantitative estimate of drug-likeness (QED) is 0.798. The number of anilines is 1. The number of carbonyl (C=O) groups excluding carboxylic acids is 1. The van der Waals surface area contributed by atoms with Crippen molar-refractivity contribution in [3.8, 4) is 0 Å². The molecule has 28 heavy (non-hydrogen) atoms. The number of hydrogen-bond donors (Lipinski definition) is 1. The zero-order valence-corrected chi connectivity index (χ0v) is 17.0. The first kappa shape index (κ1) is 20.4. The fourth-order valence-corrected chi connectivity index (χ4v) is 3.68. The van der Waals surface area contributed by atoms with Crippen LogP contribution in [0.1, 0.15) is 31.5 Å². The Morgan fingerprint density at radius 3 is 2.75 bits per heavy atom. The van der Waals surface area contributed by atoms with Gasteiger partial charge in [-0.3, -0.25) is 4.57 Å². The Morgan fingerprint density at radius 1 is 1.36 bits per heavy atom. The minimum Gasteiger partial charge on any atom is -0.383 e. The molecule has 0 aliphatic carbocycles. The van der Waals surface area contributed by atoms with Crippen LogP contribution in [0.25, 0.3) is 0 Å². The van der Waals surface area contributed by atoms with Crippen molar-refractivity contribution in [2.45, 2.75) is 38.8 Å². The van der Waals surface area contributed by atoms with E-state index in [9.17, 15) is 9.59 Å². The lowest BCUT2D eigenvalue weighted by Crippen LogP contribution is -2.41. The third kappa shape index (κ3) is 4.56. The summed E-state index contributed by atoms with van der Waals surface area (Å²) in [5, 5.41) is 8.00. The van der Waals surface area contributed by atoms with Gasteiger partial charge in [-0.2, -0.15) is 5.10 Å². The van der Waals surface area contributed by atoms with E-state index < -0.39 is 0 Å². The molecule has 1 aromatic heterocycles. The first-order valence-electron chi connectivity index (χ1n) is 9.51. The normalized spacial score (nSPS) is 15.0. The smallest absolute Gasteiger partial charge is 0.345 e. The Kier molecular flexibility index (Phi) is 6.74. The molecular weight excluding hydrogens is 382 g/mol. The lowest BCUT2D eigenvalue weighted by Gasteiger charge is -2.31. The summed E-state index contributed by atoms with van der Waals surface area (Å²) < 4.78 is 8.25. The maximum absolute atomic E-state index is 12.5. The first-order valence-corrected chi connectivity index (χ1v) is 9.89. The average molecular weight is 408 g/mol. The Labute approximate surface area is 169 Å². The monoisotopic (exact) mass is 407 g/mol. The van der Waals surface area contributed by atoms with E-state index in [1.54, 1.807) is 34.8 Å². The number of piperidine rings is 1. The summed E-state index contributed by atoms with van der Waals surface area (Å²) in [6.45, 7) is 4.63. The van der Waals surface area contributed by atoms with Gasteiger partial charge in [0.15, 0.2) is 0 Å². The molecule has 1 aliphatic heterocycles. The predicted octanol–water partition coefficient (Wildman–Crippen LogP) is 2.78. The minimum absolute atomic E-state index is 0.101. The molecule has 3 rings (SSSR count). The molecular formula is C19H26ClN5O3. The average Bonchev–Trinajstić information content (AvgIpc) is 3.02. The van der Waals surface area contributed by atoms with Crippen molar-refractivity contribution in [3.63, 3.8) is 0 Å². The number of halogens is 1. The lowest BCUT2D eigenvalue weighted by molar-refractivity contribution is 0.181. The number of carbonyl (C=O) groups is 1. The van der Waals surface area contributed by atoms with E-state index in [4.69, 9.17) is 16.3 Å². The van der Waals surface area contributed by atoms with Gasteiger partial charge in [-0.15, -0.1) is 0 Å². The highest BCUT2D eigenvalue weighted by Crippen LogP contribution is 2.27. The standard InChI is InChI=1S/C19H26ClN5O3/c1-3-24-17(22-25(19(24)27)11-12-28-2)14-7-9-23(10-8-14)18(26)21-16-6-4-5-15(20)13-16/h4-6,13-14H,3,7-12H2,1-2H3,(H,21,26). The maximum Gasteiger partial charge on any atom is 0.345 e. The third-order valence-electron chi connectivity index (χ3n) is 5.00. The van der Waals surface area contributed by atoms with Crippen LogP contribution in [0, 0.1) is 0 Å². The number of rotatable bonds is 6. The number of nitrogens with one attached hydrogen (secondary N) is 1. The first-order chi connectivity index (χ1) is 13.5. The van der Waals surface area contributed by atoms with Crippen LogP contribution < -0.4 is 11.0 Å². The van der Waals surface area contributed by atoms with Crippen molar-refractivity contribution < 1.29 is 9.53 Å². The van der Waals surface area contributed by atoms with Crippen LogP contribution >= 0.6 is 11.6 Å². The van der Waals surface area contributed by atoms with E-state index >= 15 is 0 Å². The van der Waals surface area contributed by atoms with Crippen molar-refractivity contribution in [1.29, 1.82) is 0 Å². The van der Waals surface area contributed by atoms with Gasteiger partial charge >= 0.3 is 11.7 Å². The molecule has 2 amide bonds. The Bertz CT molecular complexity index is 871. The van der Waals surface area contributed by atoms with Gasteiger partial charge in [0, 0.05) is 43.4 Å². The highest BCUT2D eigenvalue weighted by atomic mass is 35.5. The Hall–Kier alpha value is -2.32. The summed E-state index contributed by atoms with van der Waals surface area (Å²) in [5.74, 6) is 0.963. The summed E-state index contributed by atoms with van der Waals surface area (Å²) in [6.07, 6.45) is 1.54. The van der Waals surface area contributed by atoms with E-state index in [0.717, 1.165) is 18.7 Å². The molecule has 1 saturated heterocycles. The summed E-state index contributed by atoms with van der Waals surface area (Å²) in [5.41, 5.74) is 0.576. The summed E-state index contributed by atoms with van der Waals surface area (Å²) in [4.78, 5) is 26.8. The van der Waals surface area contributed by atoms with Gasteiger partial charge in [0.05, 0.1) is 13.2 Å². The number of amides is 2. The SMILES string of the molecule is CCn1c(C2CCN(C(=O)Nc3cccc(Cl)c3)CC2)nn(CCOC)c1=O. The predicted molar refractivity (Wildman–Crippen MR) is 108 cm³/mol. The van der Waals surface area contributed by atoms with Crippen LogP contribution in [0.3, 0.4) is 0 Å². The molecule has 0 atom stereocenters. The van der Waals surface area contributed by atoms with Gasteiger partial charge in [-0.25, -0.2) is 14.3 Å². The van der Waals surface area contributed by atoms with Crippen molar-refractivity contribution >= 4 is 23.3 Å². The van der Waals surface area contributed by atoms with Crippen LogP contribution in [-0.2, 0) is 17.8 Å². The van der Waals surface area contributed by atoms with Crippen molar-refractivity contribution in [2.75, 3.05) is 32.1 Å². The number of likely N-dealkylation sites (tertiary alicyclic amines) is 1. The summed E-state index contributed by atoms with van der Waals surface area (Å²) in [7, 11) is 1.60. The molecule has 0 saturated carbocycles. The second-order valence-electron chi connectivity index (χ2n) is 6.80. The molecule has 0 radical (unpaired) electrons. The molecule has 2 aromatic rings. The lowest BCUT2D eigenvalue weighted by atomic mass is 9.96. The zero-order chi connectivity index (χ0) is 20.1. The molecule has 1 fully saturated rings. The molecule has 0 bridgehead atoms. The second-order valence-corrected chi connectivity index (χ2v) is 7.24.